The second kappa shape index (κ2) is 6.16. The fourth-order valence-corrected chi connectivity index (χ4v) is 3.95. The number of carboxylic acids is 1. The highest BCUT2D eigenvalue weighted by molar-refractivity contribution is 7.86. The van der Waals surface area contributed by atoms with Gasteiger partial charge in [0.15, 0.2) is 5.79 Å². The number of aliphatic carboxylic acids is 1. The van der Waals surface area contributed by atoms with Gasteiger partial charge in [-0.25, -0.2) is 4.79 Å². The van der Waals surface area contributed by atoms with Gasteiger partial charge in [-0.15, -0.1) is 0 Å². The Morgan fingerprint density at radius 1 is 1.35 bits per heavy atom. The van der Waals surface area contributed by atoms with Gasteiger partial charge >= 0.3 is 5.97 Å². The van der Waals surface area contributed by atoms with Gasteiger partial charge in [-0.05, 0) is 25.3 Å². The lowest BCUT2D eigenvalue weighted by Gasteiger charge is -2.37. The Hall–Kier alpha value is -0.960. The van der Waals surface area contributed by atoms with Gasteiger partial charge in [-0.1, -0.05) is 20.8 Å². The molecule has 1 saturated heterocycles. The molecule has 0 aromatic heterocycles. The van der Waals surface area contributed by atoms with Crippen LogP contribution >= 0.6 is 0 Å². The van der Waals surface area contributed by atoms with Crippen LogP contribution in [0.4, 0.5) is 0 Å². The average Bonchev–Trinajstić information content (AvgIpc) is 2.82. The fourth-order valence-electron chi connectivity index (χ4n) is 3.33. The molecule has 0 bridgehead atoms. The molecule has 1 aliphatic heterocycles. The number of carboxylic acid groups (broad SMARTS) is 1. The van der Waals surface area contributed by atoms with E-state index in [1.165, 1.54) is 0 Å². The van der Waals surface area contributed by atoms with Crippen LogP contribution in [-0.4, -0.2) is 49.3 Å². The van der Waals surface area contributed by atoms with Crippen LogP contribution in [0.3, 0.4) is 0 Å². The largest absolute Gasteiger partial charge is 0.478 e. The zero-order chi connectivity index (χ0) is 17.5. The third-order valence-electron chi connectivity index (χ3n) is 4.58. The smallest absolute Gasteiger partial charge is 0.331 e. The summed E-state index contributed by atoms with van der Waals surface area (Å²) in [4.78, 5) is 11.4. The van der Waals surface area contributed by atoms with Crippen molar-refractivity contribution in [2.24, 2.45) is 0 Å². The lowest BCUT2D eigenvalue weighted by Crippen LogP contribution is -2.50. The first kappa shape index (κ1) is 18.4. The summed E-state index contributed by atoms with van der Waals surface area (Å²) in [7, 11) is -3.75. The number of hydrogen-bond acceptors (Lipinski definition) is 6. The van der Waals surface area contributed by atoms with E-state index in [2.05, 4.69) is 0 Å². The molecular formula is C15H24O7S. The van der Waals surface area contributed by atoms with Crippen LogP contribution < -0.4 is 0 Å². The molecule has 23 heavy (non-hydrogen) atoms. The molecule has 0 radical (unpaired) electrons. The van der Waals surface area contributed by atoms with Gasteiger partial charge in [0, 0.05) is 12.0 Å². The summed E-state index contributed by atoms with van der Waals surface area (Å²) in [6.07, 6.45) is 2.50. The summed E-state index contributed by atoms with van der Waals surface area (Å²) < 4.78 is 40.5. The van der Waals surface area contributed by atoms with E-state index >= 15 is 0 Å². The van der Waals surface area contributed by atoms with Crippen LogP contribution in [0.15, 0.2) is 11.6 Å². The molecule has 3 atom stereocenters. The summed E-state index contributed by atoms with van der Waals surface area (Å²) in [5.41, 5.74) is -0.906. The zero-order valence-corrected chi connectivity index (χ0v) is 14.7. The van der Waals surface area contributed by atoms with Crippen LogP contribution in [0.1, 0.15) is 46.5 Å². The van der Waals surface area contributed by atoms with Gasteiger partial charge < -0.3 is 14.6 Å². The molecule has 0 saturated carbocycles. The Balaban J connectivity index is 2.50. The Morgan fingerprint density at radius 3 is 2.39 bits per heavy atom. The minimum atomic E-state index is -3.75. The van der Waals surface area contributed by atoms with Crippen LogP contribution in [0, 0.1) is 0 Å². The Morgan fingerprint density at radius 2 is 1.96 bits per heavy atom. The predicted octanol–water partition coefficient (Wildman–Crippen LogP) is 1.83. The highest BCUT2D eigenvalue weighted by Gasteiger charge is 2.59. The van der Waals surface area contributed by atoms with E-state index < -0.39 is 39.7 Å². The number of carbonyl (C=O) groups is 1. The van der Waals surface area contributed by atoms with Crippen molar-refractivity contribution in [1.29, 1.82) is 0 Å². The second-order valence-electron chi connectivity index (χ2n) is 6.08. The highest BCUT2D eigenvalue weighted by atomic mass is 32.2. The minimum absolute atomic E-state index is 0.0400. The molecule has 0 unspecified atom stereocenters. The molecule has 1 aliphatic carbocycles. The van der Waals surface area contributed by atoms with E-state index in [1.807, 2.05) is 20.8 Å². The Kier molecular flexibility index (Phi) is 4.92. The van der Waals surface area contributed by atoms with E-state index in [-0.39, 0.29) is 12.0 Å². The summed E-state index contributed by atoms with van der Waals surface area (Å²) in [5, 5.41) is 9.36. The van der Waals surface area contributed by atoms with Crippen LogP contribution in [0.2, 0.25) is 0 Å². The SMILES string of the molecule is CCC1(CC)O[C@@H]2[C@H](OS(C)(=O)=O)CC(C(=O)O)=C[C@@]2(CC)O1. The van der Waals surface area contributed by atoms with E-state index in [4.69, 9.17) is 13.7 Å². The van der Waals surface area contributed by atoms with Gasteiger partial charge in [0.25, 0.3) is 10.1 Å². The lowest BCUT2D eigenvalue weighted by atomic mass is 9.80. The van der Waals surface area contributed by atoms with E-state index in [1.54, 1.807) is 6.08 Å². The normalized spacial score (nSPS) is 33.1. The lowest BCUT2D eigenvalue weighted by molar-refractivity contribution is -0.190. The summed E-state index contributed by atoms with van der Waals surface area (Å²) in [5.74, 6) is -1.96. The highest BCUT2D eigenvalue weighted by Crippen LogP contribution is 2.49. The molecule has 0 aromatic rings. The summed E-state index contributed by atoms with van der Waals surface area (Å²) >= 11 is 0. The van der Waals surface area contributed by atoms with Gasteiger partial charge in [-0.2, -0.15) is 8.42 Å². The maximum absolute atomic E-state index is 11.6. The van der Waals surface area contributed by atoms with Gasteiger partial charge in [0.2, 0.25) is 0 Å². The predicted molar refractivity (Wildman–Crippen MR) is 82.3 cm³/mol. The van der Waals surface area contributed by atoms with Crippen molar-refractivity contribution in [3.63, 3.8) is 0 Å². The number of rotatable bonds is 6. The monoisotopic (exact) mass is 348 g/mol. The molecule has 2 aliphatic rings. The summed E-state index contributed by atoms with van der Waals surface area (Å²) in [6, 6.07) is 0. The maximum Gasteiger partial charge on any atom is 0.331 e. The molecule has 0 spiro atoms. The van der Waals surface area contributed by atoms with Crippen LogP contribution in [0.5, 0.6) is 0 Å². The maximum atomic E-state index is 11.6. The first-order valence-electron chi connectivity index (χ1n) is 7.81. The van der Waals surface area contributed by atoms with Crippen molar-refractivity contribution in [3.05, 3.63) is 11.6 Å². The molecule has 1 N–H and O–H groups in total. The molecule has 0 amide bonds. The molecule has 8 heteroatoms. The molecule has 2 rings (SSSR count). The number of hydrogen-bond donors (Lipinski definition) is 1. The Bertz CT molecular complexity index is 605. The molecule has 132 valence electrons. The van der Waals surface area contributed by atoms with Crippen molar-refractivity contribution < 1.29 is 32.0 Å². The Labute approximate surface area is 136 Å². The molecular weight excluding hydrogens is 324 g/mol. The first-order valence-corrected chi connectivity index (χ1v) is 9.63. The third kappa shape index (κ3) is 3.45. The molecule has 0 aromatic carbocycles. The van der Waals surface area contributed by atoms with E-state index in [9.17, 15) is 18.3 Å². The van der Waals surface area contributed by atoms with Crippen molar-refractivity contribution in [2.45, 2.75) is 70.1 Å². The van der Waals surface area contributed by atoms with E-state index in [0.29, 0.717) is 19.3 Å². The van der Waals surface area contributed by atoms with Crippen molar-refractivity contribution >= 4 is 16.1 Å². The second-order valence-corrected chi connectivity index (χ2v) is 7.69. The van der Waals surface area contributed by atoms with Crippen molar-refractivity contribution in [2.75, 3.05) is 6.26 Å². The van der Waals surface area contributed by atoms with E-state index in [0.717, 1.165) is 6.26 Å². The molecule has 1 heterocycles. The number of fused-ring (bicyclic) bond motifs is 1. The fraction of sp³-hybridized carbons (Fsp3) is 0.800. The van der Waals surface area contributed by atoms with Gasteiger partial charge in [0.05, 0.1) is 6.26 Å². The average molecular weight is 348 g/mol. The third-order valence-corrected chi connectivity index (χ3v) is 5.18. The van der Waals surface area contributed by atoms with Gasteiger partial charge in [0.1, 0.15) is 17.8 Å². The standard InChI is InChI=1S/C15H24O7S/c1-5-14-9-10(13(16)17)8-11(21-23(4,18)19)12(14)20-15(6-2,7-3)22-14/h9,11-12H,5-8H2,1-4H3,(H,16,17)/t11-,12-,14-/m1/s1. The zero-order valence-electron chi connectivity index (χ0n) is 13.9. The van der Waals surface area contributed by atoms with Crippen LogP contribution in [-0.2, 0) is 28.6 Å². The quantitative estimate of drug-likeness (QED) is 0.731. The van der Waals surface area contributed by atoms with Gasteiger partial charge in [-0.3, -0.25) is 4.18 Å². The topological polar surface area (TPSA) is 99.1 Å². The summed E-state index contributed by atoms with van der Waals surface area (Å²) in [6.45, 7) is 5.69. The minimum Gasteiger partial charge on any atom is -0.478 e. The number of ether oxygens (including phenoxy) is 2. The van der Waals surface area contributed by atoms with Crippen molar-refractivity contribution in [3.8, 4) is 0 Å². The van der Waals surface area contributed by atoms with Crippen LogP contribution in [0.25, 0.3) is 0 Å². The first-order chi connectivity index (χ1) is 10.6. The molecule has 7 nitrogen and oxygen atoms in total. The van der Waals surface area contributed by atoms with Crippen molar-refractivity contribution in [1.82, 2.24) is 0 Å². The molecule has 1 fully saturated rings.